The molecule has 0 aromatic carbocycles. The fourth-order valence-corrected chi connectivity index (χ4v) is 4.35. The molecule has 2 amide bonds. The molecule has 1 N–H and O–H groups in total. The van der Waals surface area contributed by atoms with Crippen molar-refractivity contribution in [2.45, 2.75) is 70.5 Å². The predicted molar refractivity (Wildman–Crippen MR) is 72.4 cm³/mol. The predicted octanol–water partition coefficient (Wildman–Crippen LogP) is 1.69. The lowest BCUT2D eigenvalue weighted by atomic mass is 9.88. The van der Waals surface area contributed by atoms with Gasteiger partial charge >= 0.3 is 0 Å². The normalized spacial score (nSPS) is 40.7. The number of nitrogens with one attached hydrogen (secondary N) is 1. The largest absolute Gasteiger partial charge is 0.340 e. The standard InChI is InChI=1S/C15H24N2O2/c1-4-11-13(18)16-15(2,3)14(19)17(11)12-8-9-5-6-10(12)7-9/h9-12H,4-8H2,1-3H3,(H,16,18). The van der Waals surface area contributed by atoms with Gasteiger partial charge in [-0.2, -0.15) is 0 Å². The first-order valence-corrected chi connectivity index (χ1v) is 7.59. The van der Waals surface area contributed by atoms with E-state index in [9.17, 15) is 9.59 Å². The molecule has 4 atom stereocenters. The summed E-state index contributed by atoms with van der Waals surface area (Å²) in [5.41, 5.74) is -0.745. The van der Waals surface area contributed by atoms with Crippen LogP contribution in [0.5, 0.6) is 0 Å². The average Bonchev–Trinajstić information content (AvgIpc) is 2.94. The SMILES string of the molecule is CCC1C(=O)NC(C)(C)C(=O)N1C1CC2CCC1C2. The lowest BCUT2D eigenvalue weighted by Crippen LogP contribution is -2.70. The zero-order valence-electron chi connectivity index (χ0n) is 12.1. The van der Waals surface area contributed by atoms with Gasteiger partial charge in [-0.05, 0) is 51.4 Å². The van der Waals surface area contributed by atoms with Gasteiger partial charge in [-0.15, -0.1) is 0 Å². The number of rotatable bonds is 2. The van der Waals surface area contributed by atoms with Crippen molar-refractivity contribution in [3.05, 3.63) is 0 Å². The summed E-state index contributed by atoms with van der Waals surface area (Å²) in [5.74, 6) is 1.55. The van der Waals surface area contributed by atoms with Gasteiger partial charge in [-0.1, -0.05) is 13.3 Å². The molecule has 0 aromatic heterocycles. The first-order valence-electron chi connectivity index (χ1n) is 7.59. The van der Waals surface area contributed by atoms with E-state index in [0.29, 0.717) is 18.4 Å². The summed E-state index contributed by atoms with van der Waals surface area (Å²) in [5, 5.41) is 2.87. The topological polar surface area (TPSA) is 49.4 Å². The highest BCUT2D eigenvalue weighted by Crippen LogP contribution is 2.48. The Morgan fingerprint density at radius 1 is 1.26 bits per heavy atom. The highest BCUT2D eigenvalue weighted by molar-refractivity contribution is 5.99. The first kappa shape index (κ1) is 12.9. The summed E-state index contributed by atoms with van der Waals surface area (Å²) in [6, 6.07) is 0.0476. The first-order chi connectivity index (χ1) is 8.94. The third kappa shape index (κ3) is 1.87. The van der Waals surface area contributed by atoms with Crippen molar-refractivity contribution >= 4 is 11.8 Å². The van der Waals surface area contributed by atoms with Crippen molar-refractivity contribution in [1.82, 2.24) is 10.2 Å². The van der Waals surface area contributed by atoms with E-state index in [2.05, 4.69) is 5.32 Å². The number of nitrogens with zero attached hydrogens (tertiary/aromatic N) is 1. The third-order valence-electron chi connectivity index (χ3n) is 5.29. The van der Waals surface area contributed by atoms with Gasteiger partial charge in [0.15, 0.2) is 0 Å². The molecule has 0 aromatic rings. The van der Waals surface area contributed by atoms with E-state index < -0.39 is 5.54 Å². The van der Waals surface area contributed by atoms with Gasteiger partial charge in [0.1, 0.15) is 11.6 Å². The van der Waals surface area contributed by atoms with Crippen molar-refractivity contribution in [2.75, 3.05) is 0 Å². The number of piperazine rings is 1. The monoisotopic (exact) mass is 264 g/mol. The molecule has 3 aliphatic rings. The molecular weight excluding hydrogens is 240 g/mol. The maximum Gasteiger partial charge on any atom is 0.248 e. The lowest BCUT2D eigenvalue weighted by molar-refractivity contribution is -0.157. The second kappa shape index (κ2) is 4.22. The van der Waals surface area contributed by atoms with Gasteiger partial charge in [-0.25, -0.2) is 0 Å². The molecule has 2 aliphatic carbocycles. The van der Waals surface area contributed by atoms with E-state index in [-0.39, 0.29) is 17.9 Å². The van der Waals surface area contributed by atoms with Crippen LogP contribution in [0.3, 0.4) is 0 Å². The highest BCUT2D eigenvalue weighted by Gasteiger charge is 2.52. The number of amides is 2. The molecule has 1 aliphatic heterocycles. The second-order valence-corrected chi connectivity index (χ2v) is 6.99. The van der Waals surface area contributed by atoms with Crippen LogP contribution < -0.4 is 5.32 Å². The molecule has 4 nitrogen and oxygen atoms in total. The number of hydrogen-bond acceptors (Lipinski definition) is 2. The fraction of sp³-hybridized carbons (Fsp3) is 0.867. The second-order valence-electron chi connectivity index (χ2n) is 6.99. The Balaban J connectivity index is 1.91. The molecule has 1 heterocycles. The summed E-state index contributed by atoms with van der Waals surface area (Å²) in [6.45, 7) is 5.63. The minimum absolute atomic E-state index is 0.0230. The Morgan fingerprint density at radius 2 is 2.00 bits per heavy atom. The molecule has 0 spiro atoms. The highest BCUT2D eigenvalue weighted by atomic mass is 16.2. The maximum absolute atomic E-state index is 12.7. The Hall–Kier alpha value is -1.06. The zero-order chi connectivity index (χ0) is 13.8. The average molecular weight is 264 g/mol. The molecule has 4 heteroatoms. The van der Waals surface area contributed by atoms with Gasteiger partial charge in [0.2, 0.25) is 11.8 Å². The molecule has 3 fully saturated rings. The van der Waals surface area contributed by atoms with Crippen molar-refractivity contribution in [3.8, 4) is 0 Å². The van der Waals surface area contributed by atoms with E-state index >= 15 is 0 Å². The van der Waals surface area contributed by atoms with Gasteiger partial charge in [-0.3, -0.25) is 9.59 Å². The van der Waals surface area contributed by atoms with Crippen LogP contribution in [0.25, 0.3) is 0 Å². The van der Waals surface area contributed by atoms with Crippen LogP contribution in [0.15, 0.2) is 0 Å². The van der Waals surface area contributed by atoms with Crippen molar-refractivity contribution in [1.29, 1.82) is 0 Å². The minimum atomic E-state index is -0.745. The number of carbonyl (C=O) groups is 2. The van der Waals surface area contributed by atoms with Crippen LogP contribution in [-0.4, -0.2) is 34.3 Å². The molecule has 4 unspecified atom stereocenters. The smallest absolute Gasteiger partial charge is 0.248 e. The number of carbonyl (C=O) groups excluding carboxylic acids is 2. The van der Waals surface area contributed by atoms with Gasteiger partial charge < -0.3 is 10.2 Å². The Morgan fingerprint density at radius 3 is 2.53 bits per heavy atom. The summed E-state index contributed by atoms with van der Waals surface area (Å²) < 4.78 is 0. The molecule has 2 saturated carbocycles. The van der Waals surface area contributed by atoms with Crippen LogP contribution in [-0.2, 0) is 9.59 Å². The van der Waals surface area contributed by atoms with Crippen LogP contribution in [0.1, 0.15) is 52.9 Å². The number of fused-ring (bicyclic) bond motifs is 2. The summed E-state index contributed by atoms with van der Waals surface area (Å²) in [4.78, 5) is 26.9. The summed E-state index contributed by atoms with van der Waals surface area (Å²) in [7, 11) is 0. The lowest BCUT2D eigenvalue weighted by Gasteiger charge is -2.47. The molecule has 106 valence electrons. The van der Waals surface area contributed by atoms with Crippen molar-refractivity contribution in [2.24, 2.45) is 11.8 Å². The van der Waals surface area contributed by atoms with E-state index in [0.717, 1.165) is 12.3 Å². The number of hydrogen-bond donors (Lipinski definition) is 1. The molecule has 2 bridgehead atoms. The zero-order valence-corrected chi connectivity index (χ0v) is 12.1. The van der Waals surface area contributed by atoms with Crippen LogP contribution >= 0.6 is 0 Å². The molecular formula is C15H24N2O2. The molecule has 19 heavy (non-hydrogen) atoms. The van der Waals surface area contributed by atoms with E-state index in [1.54, 1.807) is 0 Å². The van der Waals surface area contributed by atoms with Crippen LogP contribution in [0.2, 0.25) is 0 Å². The van der Waals surface area contributed by atoms with E-state index in [4.69, 9.17) is 0 Å². The van der Waals surface area contributed by atoms with Crippen LogP contribution in [0, 0.1) is 11.8 Å². The quantitative estimate of drug-likeness (QED) is 0.825. The summed E-state index contributed by atoms with van der Waals surface area (Å²) in [6.07, 6.45) is 5.62. The molecule has 3 rings (SSSR count). The van der Waals surface area contributed by atoms with E-state index in [1.165, 1.54) is 19.3 Å². The Bertz CT molecular complexity index is 418. The molecule has 0 radical (unpaired) electrons. The van der Waals surface area contributed by atoms with Gasteiger partial charge in [0.05, 0.1) is 0 Å². The summed E-state index contributed by atoms with van der Waals surface area (Å²) >= 11 is 0. The fourth-order valence-electron chi connectivity index (χ4n) is 4.35. The van der Waals surface area contributed by atoms with Crippen molar-refractivity contribution < 1.29 is 9.59 Å². The minimum Gasteiger partial charge on any atom is -0.340 e. The molecule has 1 saturated heterocycles. The van der Waals surface area contributed by atoms with Crippen molar-refractivity contribution in [3.63, 3.8) is 0 Å². The van der Waals surface area contributed by atoms with E-state index in [1.807, 2.05) is 25.7 Å². The Labute approximate surface area is 114 Å². The maximum atomic E-state index is 12.7. The van der Waals surface area contributed by atoms with Gasteiger partial charge in [0, 0.05) is 6.04 Å². The Kier molecular flexibility index (Phi) is 2.88. The van der Waals surface area contributed by atoms with Crippen LogP contribution in [0.4, 0.5) is 0 Å². The van der Waals surface area contributed by atoms with Gasteiger partial charge in [0.25, 0.3) is 0 Å². The third-order valence-corrected chi connectivity index (χ3v) is 5.29.